The second kappa shape index (κ2) is 6.61. The second-order valence-electron chi connectivity index (χ2n) is 5.91. The van der Waals surface area contributed by atoms with Crippen molar-refractivity contribution in [3.63, 3.8) is 0 Å². The third-order valence-corrected chi connectivity index (χ3v) is 5.04. The van der Waals surface area contributed by atoms with Crippen LogP contribution in [0.3, 0.4) is 0 Å². The predicted molar refractivity (Wildman–Crippen MR) is 104 cm³/mol. The number of nitrogens with one attached hydrogen (secondary N) is 2. The van der Waals surface area contributed by atoms with Crippen molar-refractivity contribution in [2.45, 2.75) is 13.5 Å². The van der Waals surface area contributed by atoms with E-state index < -0.39 is 0 Å². The maximum absolute atomic E-state index is 5.37. The minimum atomic E-state index is 0.772. The summed E-state index contributed by atoms with van der Waals surface area (Å²) in [7, 11) is 1.69. The molecule has 2 aromatic heterocycles. The summed E-state index contributed by atoms with van der Waals surface area (Å²) in [5.74, 6) is 0.852. The van der Waals surface area contributed by atoms with Gasteiger partial charge in [-0.2, -0.15) is 0 Å². The van der Waals surface area contributed by atoms with Gasteiger partial charge in [0.15, 0.2) is 5.13 Å². The quantitative estimate of drug-likeness (QED) is 0.519. The highest BCUT2D eigenvalue weighted by Crippen LogP contribution is 2.35. The largest absolute Gasteiger partial charge is 0.497 e. The zero-order valence-corrected chi connectivity index (χ0v) is 15.0. The van der Waals surface area contributed by atoms with Crippen molar-refractivity contribution >= 4 is 27.4 Å². The number of aryl methyl sites for hydroxylation is 1. The van der Waals surface area contributed by atoms with Crippen molar-refractivity contribution in [1.82, 2.24) is 9.97 Å². The minimum Gasteiger partial charge on any atom is -0.497 e. The Bertz CT molecular complexity index is 1000. The van der Waals surface area contributed by atoms with Crippen molar-refractivity contribution in [3.8, 4) is 17.0 Å². The fourth-order valence-corrected chi connectivity index (χ4v) is 3.71. The molecule has 2 heterocycles. The number of anilines is 1. The van der Waals surface area contributed by atoms with Gasteiger partial charge >= 0.3 is 0 Å². The van der Waals surface area contributed by atoms with Gasteiger partial charge in [-0.05, 0) is 30.7 Å². The Morgan fingerprint density at radius 1 is 1.16 bits per heavy atom. The van der Waals surface area contributed by atoms with Crippen LogP contribution in [0.25, 0.3) is 22.2 Å². The second-order valence-corrected chi connectivity index (χ2v) is 6.77. The number of ether oxygens (including phenoxy) is 1. The van der Waals surface area contributed by atoms with Gasteiger partial charge in [-0.25, -0.2) is 4.98 Å². The Morgan fingerprint density at radius 3 is 2.80 bits per heavy atom. The molecule has 4 aromatic rings. The molecule has 0 amide bonds. The standard InChI is InChI=1S/C20H19N3OS/c1-13-19(16-10-15(24-2)8-9-17(16)22-13)18-12-25-20(23-18)21-11-14-6-4-3-5-7-14/h3-10,12,22H,11H2,1-2H3,(H,21,23). The van der Waals surface area contributed by atoms with Crippen LogP contribution in [0.4, 0.5) is 5.13 Å². The molecule has 2 aromatic carbocycles. The fraction of sp³-hybridized carbons (Fsp3) is 0.150. The van der Waals surface area contributed by atoms with E-state index in [1.165, 1.54) is 5.56 Å². The van der Waals surface area contributed by atoms with Crippen molar-refractivity contribution in [2.24, 2.45) is 0 Å². The summed E-state index contributed by atoms with van der Waals surface area (Å²) < 4.78 is 5.37. The summed E-state index contributed by atoms with van der Waals surface area (Å²) in [6, 6.07) is 16.4. The number of benzene rings is 2. The fourth-order valence-electron chi connectivity index (χ4n) is 3.01. The highest BCUT2D eigenvalue weighted by Gasteiger charge is 2.14. The zero-order chi connectivity index (χ0) is 17.2. The normalized spacial score (nSPS) is 11.0. The van der Waals surface area contributed by atoms with Crippen LogP contribution in [-0.2, 0) is 6.54 Å². The Kier molecular flexibility index (Phi) is 4.15. The van der Waals surface area contributed by atoms with E-state index in [9.17, 15) is 0 Å². The molecule has 25 heavy (non-hydrogen) atoms. The van der Waals surface area contributed by atoms with Crippen LogP contribution in [-0.4, -0.2) is 17.1 Å². The number of aromatic amines is 1. The first-order chi connectivity index (χ1) is 12.2. The van der Waals surface area contributed by atoms with E-state index >= 15 is 0 Å². The highest BCUT2D eigenvalue weighted by molar-refractivity contribution is 7.14. The first-order valence-electron chi connectivity index (χ1n) is 8.14. The lowest BCUT2D eigenvalue weighted by Gasteiger charge is -2.03. The van der Waals surface area contributed by atoms with Gasteiger partial charge in [0.2, 0.25) is 0 Å². The van der Waals surface area contributed by atoms with Gasteiger partial charge < -0.3 is 15.0 Å². The van der Waals surface area contributed by atoms with Crippen molar-refractivity contribution in [1.29, 1.82) is 0 Å². The average molecular weight is 349 g/mol. The lowest BCUT2D eigenvalue weighted by molar-refractivity contribution is 0.415. The third-order valence-electron chi connectivity index (χ3n) is 4.24. The van der Waals surface area contributed by atoms with Gasteiger partial charge in [-0.1, -0.05) is 30.3 Å². The molecule has 0 spiro atoms. The highest BCUT2D eigenvalue weighted by atomic mass is 32.1. The predicted octanol–water partition coefficient (Wildman–Crippen LogP) is 5.22. The van der Waals surface area contributed by atoms with Crippen LogP contribution in [0.2, 0.25) is 0 Å². The van der Waals surface area contributed by atoms with Crippen LogP contribution in [0.5, 0.6) is 5.75 Å². The molecule has 5 heteroatoms. The number of methoxy groups -OCH3 is 1. The summed E-state index contributed by atoms with van der Waals surface area (Å²) in [4.78, 5) is 8.21. The number of aromatic nitrogens is 2. The number of hydrogen-bond donors (Lipinski definition) is 2. The molecule has 2 N–H and O–H groups in total. The molecule has 4 nitrogen and oxygen atoms in total. The number of H-pyrrole nitrogens is 1. The van der Waals surface area contributed by atoms with Gasteiger partial charge in [0, 0.05) is 34.1 Å². The molecule has 0 aliphatic carbocycles. The molecule has 0 aliphatic rings. The summed E-state index contributed by atoms with van der Waals surface area (Å²) in [6.45, 7) is 2.85. The van der Waals surface area contributed by atoms with Gasteiger partial charge in [-0.3, -0.25) is 0 Å². The van der Waals surface area contributed by atoms with Gasteiger partial charge in [0.1, 0.15) is 5.75 Å². The lowest BCUT2D eigenvalue weighted by atomic mass is 10.1. The first kappa shape index (κ1) is 15.7. The van der Waals surface area contributed by atoms with E-state index in [2.05, 4.69) is 40.8 Å². The summed E-state index contributed by atoms with van der Waals surface area (Å²) >= 11 is 1.63. The van der Waals surface area contributed by atoms with Crippen LogP contribution in [0.15, 0.2) is 53.9 Å². The topological polar surface area (TPSA) is 49.9 Å². The smallest absolute Gasteiger partial charge is 0.183 e. The average Bonchev–Trinajstić information content (AvgIpc) is 3.23. The summed E-state index contributed by atoms with van der Waals surface area (Å²) in [5, 5.41) is 7.57. The molecule has 126 valence electrons. The van der Waals surface area contributed by atoms with E-state index in [1.54, 1.807) is 18.4 Å². The first-order valence-corrected chi connectivity index (χ1v) is 9.02. The molecule has 0 saturated heterocycles. The number of rotatable bonds is 5. The molecule has 0 fully saturated rings. The Morgan fingerprint density at radius 2 is 2.00 bits per heavy atom. The van der Waals surface area contributed by atoms with Gasteiger partial charge in [0.25, 0.3) is 0 Å². The number of nitrogens with zero attached hydrogens (tertiary/aromatic N) is 1. The molecule has 0 bridgehead atoms. The van der Waals surface area contributed by atoms with Crippen LogP contribution in [0, 0.1) is 6.92 Å². The molecule has 0 unspecified atom stereocenters. The van der Waals surface area contributed by atoms with Crippen molar-refractivity contribution in [3.05, 3.63) is 65.2 Å². The van der Waals surface area contributed by atoms with Crippen LogP contribution in [0.1, 0.15) is 11.3 Å². The van der Waals surface area contributed by atoms with E-state index in [4.69, 9.17) is 9.72 Å². The number of fused-ring (bicyclic) bond motifs is 1. The molecular formula is C20H19N3OS. The molecule has 4 rings (SSSR count). The van der Waals surface area contributed by atoms with Crippen LogP contribution < -0.4 is 10.1 Å². The Hall–Kier alpha value is -2.79. The van der Waals surface area contributed by atoms with Crippen LogP contribution >= 0.6 is 11.3 Å². The maximum atomic E-state index is 5.37. The Balaban J connectivity index is 1.63. The van der Waals surface area contributed by atoms with Crippen molar-refractivity contribution < 1.29 is 4.74 Å². The summed E-state index contributed by atoms with van der Waals surface area (Å²) in [6.07, 6.45) is 0. The molecular weight excluding hydrogens is 330 g/mol. The lowest BCUT2D eigenvalue weighted by Crippen LogP contribution is -1.98. The molecule has 0 saturated carbocycles. The minimum absolute atomic E-state index is 0.772. The summed E-state index contributed by atoms with van der Waals surface area (Å²) in [5.41, 5.74) is 5.57. The van der Waals surface area contributed by atoms with E-state index in [0.717, 1.165) is 45.3 Å². The van der Waals surface area contributed by atoms with Gasteiger partial charge in [-0.15, -0.1) is 11.3 Å². The van der Waals surface area contributed by atoms with Gasteiger partial charge in [0.05, 0.1) is 12.8 Å². The number of thiazole rings is 1. The molecule has 0 atom stereocenters. The third kappa shape index (κ3) is 3.10. The molecule has 0 aliphatic heterocycles. The van der Waals surface area contributed by atoms with Crippen molar-refractivity contribution in [2.75, 3.05) is 12.4 Å². The maximum Gasteiger partial charge on any atom is 0.183 e. The zero-order valence-electron chi connectivity index (χ0n) is 14.2. The SMILES string of the molecule is COc1ccc2[nH]c(C)c(-c3csc(NCc4ccccc4)n3)c2c1. The van der Waals surface area contributed by atoms with E-state index in [1.807, 2.05) is 30.3 Å². The van der Waals surface area contributed by atoms with E-state index in [0.29, 0.717) is 0 Å². The molecule has 0 radical (unpaired) electrons. The van der Waals surface area contributed by atoms with E-state index in [-0.39, 0.29) is 0 Å². The number of hydrogen-bond acceptors (Lipinski definition) is 4. The Labute approximate surface area is 150 Å². The monoisotopic (exact) mass is 349 g/mol.